The fourth-order valence-electron chi connectivity index (χ4n) is 2.33. The van der Waals surface area contributed by atoms with Gasteiger partial charge in [0, 0.05) is 18.9 Å². The first-order valence-electron chi connectivity index (χ1n) is 6.79. The largest absolute Gasteiger partial charge is 0.343 e. The number of rotatable bonds is 4. The van der Waals surface area contributed by atoms with Crippen molar-refractivity contribution in [3.63, 3.8) is 0 Å². The van der Waals surface area contributed by atoms with Gasteiger partial charge in [-0.2, -0.15) is 0 Å². The first-order chi connectivity index (χ1) is 10.1. The molecule has 6 nitrogen and oxygen atoms in total. The Morgan fingerprint density at radius 3 is 2.81 bits per heavy atom. The Bertz CT molecular complexity index is 532. The Morgan fingerprint density at radius 1 is 1.43 bits per heavy atom. The fraction of sp³-hybridized carbons (Fsp3) is 0.429. The van der Waals surface area contributed by atoms with Crippen molar-refractivity contribution in [1.29, 1.82) is 0 Å². The number of hydrogen-bond donors (Lipinski definition) is 1. The zero-order valence-electron chi connectivity index (χ0n) is 11.6. The molecule has 2 heterocycles. The summed E-state index contributed by atoms with van der Waals surface area (Å²) < 4.78 is 0.804. The molecule has 0 saturated carbocycles. The van der Waals surface area contributed by atoms with E-state index in [9.17, 15) is 9.59 Å². The normalized spacial score (nSPS) is 18.1. The number of carbonyl (C=O) groups is 2. The first-order valence-corrected chi connectivity index (χ1v) is 7.58. The van der Waals surface area contributed by atoms with Crippen LogP contribution in [-0.2, 0) is 9.59 Å². The van der Waals surface area contributed by atoms with Crippen LogP contribution in [0.1, 0.15) is 31.1 Å². The summed E-state index contributed by atoms with van der Waals surface area (Å²) in [6.45, 7) is 3.99. The smallest absolute Gasteiger partial charge is 0.243 e. The average Bonchev–Trinajstić information content (AvgIpc) is 2.53. The molecule has 1 N–H and O–H groups in total. The van der Waals surface area contributed by atoms with Crippen molar-refractivity contribution < 1.29 is 9.59 Å². The molecule has 0 aromatic carbocycles. The van der Waals surface area contributed by atoms with Gasteiger partial charge in [0.05, 0.1) is 17.1 Å². The summed E-state index contributed by atoms with van der Waals surface area (Å²) in [5, 5.41) is 2.51. The molecule has 1 atom stereocenters. The van der Waals surface area contributed by atoms with Crippen LogP contribution in [0, 0.1) is 0 Å². The van der Waals surface area contributed by atoms with E-state index in [1.165, 1.54) is 0 Å². The van der Waals surface area contributed by atoms with Gasteiger partial charge in [0.15, 0.2) is 5.82 Å². The molecule has 2 rings (SSSR count). The highest BCUT2D eigenvalue weighted by Gasteiger charge is 2.29. The number of piperidine rings is 1. The SMILES string of the molecule is C=CC(=O)NCC(=O)N1CCCCC1c1ncc(Br)cn1. The molecule has 0 bridgehead atoms. The van der Waals surface area contributed by atoms with Gasteiger partial charge in [0.2, 0.25) is 11.8 Å². The Kier molecular flexibility index (Phi) is 5.44. The van der Waals surface area contributed by atoms with Crippen LogP contribution in [0.2, 0.25) is 0 Å². The predicted octanol–water partition coefficient (Wildman–Crippen LogP) is 1.59. The van der Waals surface area contributed by atoms with Gasteiger partial charge in [-0.25, -0.2) is 9.97 Å². The van der Waals surface area contributed by atoms with Crippen molar-refractivity contribution in [2.24, 2.45) is 0 Å². The minimum Gasteiger partial charge on any atom is -0.343 e. The summed E-state index contributed by atoms with van der Waals surface area (Å²) in [7, 11) is 0. The maximum absolute atomic E-state index is 12.3. The lowest BCUT2D eigenvalue weighted by atomic mass is 10.0. The number of nitrogens with zero attached hydrogens (tertiary/aromatic N) is 3. The van der Waals surface area contributed by atoms with Crippen molar-refractivity contribution >= 4 is 27.7 Å². The fourth-order valence-corrected chi connectivity index (χ4v) is 2.53. The number of aromatic nitrogens is 2. The lowest BCUT2D eigenvalue weighted by Gasteiger charge is -2.34. The zero-order chi connectivity index (χ0) is 15.2. The summed E-state index contributed by atoms with van der Waals surface area (Å²) in [6, 6.07) is -0.125. The highest BCUT2D eigenvalue weighted by atomic mass is 79.9. The predicted molar refractivity (Wildman–Crippen MR) is 81.2 cm³/mol. The maximum atomic E-state index is 12.3. The minimum atomic E-state index is -0.350. The van der Waals surface area contributed by atoms with E-state index in [-0.39, 0.29) is 24.4 Å². The highest BCUT2D eigenvalue weighted by Crippen LogP contribution is 2.28. The van der Waals surface area contributed by atoms with Crippen molar-refractivity contribution in [2.75, 3.05) is 13.1 Å². The molecular formula is C14H17BrN4O2. The first kappa shape index (κ1) is 15.6. The maximum Gasteiger partial charge on any atom is 0.243 e. The topological polar surface area (TPSA) is 75.2 Å². The zero-order valence-corrected chi connectivity index (χ0v) is 13.2. The molecule has 1 aliphatic heterocycles. The van der Waals surface area contributed by atoms with E-state index in [4.69, 9.17) is 0 Å². The standard InChI is InChI=1S/C14H17BrN4O2/c1-2-12(20)16-9-13(21)19-6-4-3-5-11(19)14-17-7-10(15)8-18-14/h2,7-8,11H,1,3-6,9H2,(H,16,20). The van der Waals surface area contributed by atoms with Gasteiger partial charge in [0.1, 0.15) is 0 Å². The summed E-state index contributed by atoms with van der Waals surface area (Å²) in [6.07, 6.45) is 7.33. The van der Waals surface area contributed by atoms with Crippen molar-refractivity contribution in [3.8, 4) is 0 Å². The Hall–Kier alpha value is -1.76. The van der Waals surface area contributed by atoms with Crippen LogP contribution in [-0.4, -0.2) is 39.8 Å². The Morgan fingerprint density at radius 2 is 2.14 bits per heavy atom. The van der Waals surface area contributed by atoms with Crippen molar-refractivity contribution in [3.05, 3.63) is 35.3 Å². The van der Waals surface area contributed by atoms with Crippen LogP contribution in [0.25, 0.3) is 0 Å². The molecule has 1 aromatic rings. The average molecular weight is 353 g/mol. The molecule has 1 saturated heterocycles. The summed E-state index contributed by atoms with van der Waals surface area (Å²) in [5.41, 5.74) is 0. The minimum absolute atomic E-state index is 0.0299. The molecule has 1 aromatic heterocycles. The quantitative estimate of drug-likeness (QED) is 0.835. The second-order valence-electron chi connectivity index (χ2n) is 4.78. The summed E-state index contributed by atoms with van der Waals surface area (Å²) in [5.74, 6) is 0.166. The van der Waals surface area contributed by atoms with Crippen molar-refractivity contribution in [1.82, 2.24) is 20.2 Å². The van der Waals surface area contributed by atoms with Crippen LogP contribution in [0.3, 0.4) is 0 Å². The molecule has 1 aliphatic rings. The number of amides is 2. The van der Waals surface area contributed by atoms with Gasteiger partial charge >= 0.3 is 0 Å². The third-order valence-electron chi connectivity index (χ3n) is 3.36. The number of halogens is 1. The van der Waals surface area contributed by atoms with E-state index >= 15 is 0 Å². The van der Waals surface area contributed by atoms with E-state index < -0.39 is 0 Å². The lowest BCUT2D eigenvalue weighted by Crippen LogP contribution is -2.44. The highest BCUT2D eigenvalue weighted by molar-refractivity contribution is 9.10. The Balaban J connectivity index is 2.07. The Labute approximate surface area is 131 Å². The molecule has 7 heteroatoms. The summed E-state index contributed by atoms with van der Waals surface area (Å²) >= 11 is 3.30. The van der Waals surface area contributed by atoms with Crippen LogP contribution in [0.4, 0.5) is 0 Å². The van der Waals surface area contributed by atoms with E-state index in [1.54, 1.807) is 17.3 Å². The van der Waals surface area contributed by atoms with Gasteiger partial charge < -0.3 is 10.2 Å². The second-order valence-corrected chi connectivity index (χ2v) is 5.70. The van der Waals surface area contributed by atoms with Gasteiger partial charge in [-0.1, -0.05) is 6.58 Å². The molecule has 1 unspecified atom stereocenters. The van der Waals surface area contributed by atoms with Crippen LogP contribution in [0.5, 0.6) is 0 Å². The molecule has 0 aliphatic carbocycles. The molecule has 112 valence electrons. The number of likely N-dealkylation sites (tertiary alicyclic amines) is 1. The molecule has 2 amide bonds. The number of hydrogen-bond acceptors (Lipinski definition) is 4. The third kappa shape index (κ3) is 4.10. The van der Waals surface area contributed by atoms with Crippen molar-refractivity contribution in [2.45, 2.75) is 25.3 Å². The molecule has 21 heavy (non-hydrogen) atoms. The number of nitrogens with one attached hydrogen (secondary N) is 1. The van der Waals surface area contributed by atoms with E-state index in [2.05, 4.69) is 37.8 Å². The second kappa shape index (κ2) is 7.31. The van der Waals surface area contributed by atoms with Crippen LogP contribution < -0.4 is 5.32 Å². The molecule has 0 radical (unpaired) electrons. The summed E-state index contributed by atoms with van der Waals surface area (Å²) in [4.78, 5) is 33.8. The lowest BCUT2D eigenvalue weighted by molar-refractivity contribution is -0.135. The van der Waals surface area contributed by atoms with Gasteiger partial charge in [-0.15, -0.1) is 0 Å². The van der Waals surface area contributed by atoms with Gasteiger partial charge in [-0.05, 0) is 41.3 Å². The molecule has 0 spiro atoms. The van der Waals surface area contributed by atoms with E-state index in [1.807, 2.05) is 0 Å². The van der Waals surface area contributed by atoms with Gasteiger partial charge in [0.25, 0.3) is 0 Å². The van der Waals surface area contributed by atoms with Crippen LogP contribution in [0.15, 0.2) is 29.5 Å². The molecule has 1 fully saturated rings. The van der Waals surface area contributed by atoms with Gasteiger partial charge in [-0.3, -0.25) is 9.59 Å². The van der Waals surface area contributed by atoms with Crippen LogP contribution >= 0.6 is 15.9 Å². The molecular weight excluding hydrogens is 336 g/mol. The third-order valence-corrected chi connectivity index (χ3v) is 3.77. The number of carbonyl (C=O) groups excluding carboxylic acids is 2. The monoisotopic (exact) mass is 352 g/mol. The van der Waals surface area contributed by atoms with E-state index in [0.29, 0.717) is 12.4 Å². The van der Waals surface area contributed by atoms with E-state index in [0.717, 1.165) is 29.8 Å².